The van der Waals surface area contributed by atoms with Crippen molar-refractivity contribution in [1.29, 1.82) is 0 Å². The average molecular weight is 317 g/mol. The molecule has 3 rings (SSSR count). The number of carbonyl (C=O) groups excluding carboxylic acids is 1. The number of amides is 1. The Morgan fingerprint density at radius 2 is 1.95 bits per heavy atom. The van der Waals surface area contributed by atoms with Crippen molar-refractivity contribution in [2.75, 3.05) is 23.3 Å². The predicted octanol–water partition coefficient (Wildman–Crippen LogP) is 3.37. The van der Waals surface area contributed by atoms with Gasteiger partial charge in [0.1, 0.15) is 11.0 Å². The van der Waals surface area contributed by atoms with Crippen molar-refractivity contribution in [3.8, 4) is 0 Å². The second-order valence-corrected chi connectivity index (χ2v) is 5.60. The Balaban J connectivity index is 1.68. The van der Waals surface area contributed by atoms with Crippen LogP contribution in [0, 0.1) is 0 Å². The van der Waals surface area contributed by atoms with Crippen LogP contribution in [0.3, 0.4) is 0 Å². The normalized spacial score (nSPS) is 14.7. The second-order valence-electron chi connectivity index (χ2n) is 5.25. The fraction of sp³-hybridized carbons (Fsp3) is 0.312. The molecule has 6 heteroatoms. The maximum atomic E-state index is 12.1. The van der Waals surface area contributed by atoms with E-state index in [-0.39, 0.29) is 11.1 Å². The third-order valence-corrected chi connectivity index (χ3v) is 4.02. The first-order valence-corrected chi connectivity index (χ1v) is 7.75. The molecule has 3 heterocycles. The number of hydrogen-bond donors (Lipinski definition) is 1. The summed E-state index contributed by atoms with van der Waals surface area (Å²) >= 11 is 5.91. The Hall–Kier alpha value is -2.14. The molecule has 0 spiro atoms. The molecule has 0 saturated carbocycles. The van der Waals surface area contributed by atoms with Gasteiger partial charge in [-0.1, -0.05) is 11.6 Å². The zero-order chi connectivity index (χ0) is 15.4. The number of piperidine rings is 1. The number of pyridine rings is 2. The van der Waals surface area contributed by atoms with E-state index in [4.69, 9.17) is 11.6 Å². The van der Waals surface area contributed by atoms with Crippen LogP contribution in [0.1, 0.15) is 29.6 Å². The number of carbonyl (C=O) groups is 1. The van der Waals surface area contributed by atoms with Crippen LogP contribution in [0.25, 0.3) is 0 Å². The minimum absolute atomic E-state index is 0.185. The topological polar surface area (TPSA) is 58.1 Å². The molecule has 0 unspecified atom stereocenters. The van der Waals surface area contributed by atoms with Crippen LogP contribution < -0.4 is 10.2 Å². The Morgan fingerprint density at radius 3 is 2.64 bits per heavy atom. The molecule has 0 aromatic carbocycles. The first-order valence-electron chi connectivity index (χ1n) is 7.37. The second kappa shape index (κ2) is 6.75. The summed E-state index contributed by atoms with van der Waals surface area (Å²) in [5.74, 6) is 0.196. The Morgan fingerprint density at radius 1 is 1.14 bits per heavy atom. The molecule has 1 saturated heterocycles. The Bertz CT molecular complexity index is 653. The van der Waals surface area contributed by atoms with Gasteiger partial charge in [-0.05, 0) is 43.5 Å². The van der Waals surface area contributed by atoms with Crippen molar-refractivity contribution in [1.82, 2.24) is 9.97 Å². The van der Waals surface area contributed by atoms with E-state index < -0.39 is 0 Å². The number of nitrogens with one attached hydrogen (secondary N) is 1. The molecule has 0 atom stereocenters. The van der Waals surface area contributed by atoms with E-state index in [9.17, 15) is 4.79 Å². The van der Waals surface area contributed by atoms with Gasteiger partial charge in [0.15, 0.2) is 0 Å². The molecule has 5 nitrogen and oxygen atoms in total. The predicted molar refractivity (Wildman–Crippen MR) is 87.5 cm³/mol. The summed E-state index contributed by atoms with van der Waals surface area (Å²) in [7, 11) is 0. The molecule has 1 fully saturated rings. The minimum Gasteiger partial charge on any atom is -0.370 e. The highest BCUT2D eigenvalue weighted by Gasteiger charge is 2.13. The molecule has 0 aliphatic carbocycles. The number of nitrogens with zero attached hydrogens (tertiary/aromatic N) is 3. The van der Waals surface area contributed by atoms with Crippen molar-refractivity contribution >= 4 is 29.0 Å². The summed E-state index contributed by atoms with van der Waals surface area (Å²) in [6.45, 7) is 2.14. The summed E-state index contributed by atoms with van der Waals surface area (Å²) in [5.41, 5.74) is 1.43. The molecule has 1 N–H and O–H groups in total. The van der Waals surface area contributed by atoms with E-state index in [0.717, 1.165) is 18.8 Å². The number of rotatable bonds is 3. The number of hydrogen-bond acceptors (Lipinski definition) is 4. The standard InChI is InChI=1S/C16H17ClN4O/c17-15-13(5-4-8-18-15)16(22)20-14-7-6-12(11-19-14)21-9-2-1-3-10-21/h4-8,11H,1-3,9-10H2,(H,19,20,22). The van der Waals surface area contributed by atoms with Crippen LogP contribution in [-0.4, -0.2) is 29.0 Å². The highest BCUT2D eigenvalue weighted by molar-refractivity contribution is 6.33. The molecule has 1 amide bonds. The van der Waals surface area contributed by atoms with Gasteiger partial charge in [-0.15, -0.1) is 0 Å². The third-order valence-electron chi connectivity index (χ3n) is 3.71. The smallest absolute Gasteiger partial charge is 0.259 e. The van der Waals surface area contributed by atoms with Crippen LogP contribution in [0.15, 0.2) is 36.7 Å². The zero-order valence-electron chi connectivity index (χ0n) is 12.1. The van der Waals surface area contributed by atoms with Crippen molar-refractivity contribution < 1.29 is 4.79 Å². The van der Waals surface area contributed by atoms with Crippen LogP contribution in [0.2, 0.25) is 5.15 Å². The largest absolute Gasteiger partial charge is 0.370 e. The first kappa shape index (κ1) is 14.8. The van der Waals surface area contributed by atoms with Gasteiger partial charge in [0.25, 0.3) is 5.91 Å². The van der Waals surface area contributed by atoms with Gasteiger partial charge in [0, 0.05) is 19.3 Å². The van der Waals surface area contributed by atoms with Gasteiger partial charge >= 0.3 is 0 Å². The van der Waals surface area contributed by atoms with Gasteiger partial charge in [0.2, 0.25) is 0 Å². The molecule has 0 bridgehead atoms. The van der Waals surface area contributed by atoms with Gasteiger partial charge in [0.05, 0.1) is 17.4 Å². The fourth-order valence-electron chi connectivity index (χ4n) is 2.54. The van der Waals surface area contributed by atoms with Crippen molar-refractivity contribution in [2.24, 2.45) is 0 Å². The van der Waals surface area contributed by atoms with E-state index in [1.54, 1.807) is 24.5 Å². The first-order chi connectivity index (χ1) is 10.7. The quantitative estimate of drug-likeness (QED) is 0.882. The molecule has 0 radical (unpaired) electrons. The van der Waals surface area contributed by atoms with E-state index >= 15 is 0 Å². The van der Waals surface area contributed by atoms with Crippen molar-refractivity contribution in [3.63, 3.8) is 0 Å². The highest BCUT2D eigenvalue weighted by Crippen LogP contribution is 2.20. The summed E-state index contributed by atoms with van der Waals surface area (Å²) < 4.78 is 0. The van der Waals surface area contributed by atoms with Gasteiger partial charge in [-0.2, -0.15) is 0 Å². The van der Waals surface area contributed by atoms with Gasteiger partial charge in [-0.3, -0.25) is 4.79 Å². The lowest BCUT2D eigenvalue weighted by molar-refractivity contribution is 0.102. The summed E-state index contributed by atoms with van der Waals surface area (Å²) in [5, 5.41) is 2.92. The average Bonchev–Trinajstić information content (AvgIpc) is 2.57. The van der Waals surface area contributed by atoms with Crippen molar-refractivity contribution in [3.05, 3.63) is 47.4 Å². The van der Waals surface area contributed by atoms with Crippen LogP contribution >= 0.6 is 11.6 Å². The van der Waals surface area contributed by atoms with E-state index in [2.05, 4.69) is 20.2 Å². The highest BCUT2D eigenvalue weighted by atomic mass is 35.5. The van der Waals surface area contributed by atoms with Crippen molar-refractivity contribution in [2.45, 2.75) is 19.3 Å². The lowest BCUT2D eigenvalue weighted by Crippen LogP contribution is -2.29. The molecule has 1 aliphatic rings. The van der Waals surface area contributed by atoms with E-state index in [1.807, 2.05) is 12.1 Å². The maximum Gasteiger partial charge on any atom is 0.259 e. The molecule has 2 aromatic heterocycles. The van der Waals surface area contributed by atoms with Gasteiger partial charge < -0.3 is 10.2 Å². The molecular weight excluding hydrogens is 300 g/mol. The lowest BCUT2D eigenvalue weighted by Gasteiger charge is -2.28. The third kappa shape index (κ3) is 3.36. The zero-order valence-corrected chi connectivity index (χ0v) is 12.9. The van der Waals surface area contributed by atoms with Crippen LogP contribution in [0.5, 0.6) is 0 Å². The van der Waals surface area contributed by atoms with Crippen LogP contribution in [0.4, 0.5) is 11.5 Å². The molecule has 114 valence electrons. The van der Waals surface area contributed by atoms with E-state index in [1.165, 1.54) is 19.3 Å². The monoisotopic (exact) mass is 316 g/mol. The number of halogens is 1. The molecule has 22 heavy (non-hydrogen) atoms. The Kier molecular flexibility index (Phi) is 4.53. The van der Waals surface area contributed by atoms with Gasteiger partial charge in [-0.25, -0.2) is 9.97 Å². The summed E-state index contributed by atoms with van der Waals surface area (Å²) in [6.07, 6.45) is 7.08. The van der Waals surface area contributed by atoms with Crippen LogP contribution in [-0.2, 0) is 0 Å². The maximum absolute atomic E-state index is 12.1. The Labute approximate surface area is 134 Å². The summed E-state index contributed by atoms with van der Waals surface area (Å²) in [6, 6.07) is 7.10. The fourth-order valence-corrected chi connectivity index (χ4v) is 2.74. The molecule has 2 aromatic rings. The van der Waals surface area contributed by atoms with E-state index in [0.29, 0.717) is 11.4 Å². The minimum atomic E-state index is -0.309. The molecular formula is C16H17ClN4O. The lowest BCUT2D eigenvalue weighted by atomic mass is 10.1. The SMILES string of the molecule is O=C(Nc1ccc(N2CCCCC2)cn1)c1cccnc1Cl. The number of aromatic nitrogens is 2. The number of anilines is 2. The molecule has 1 aliphatic heterocycles. The summed E-state index contributed by atoms with van der Waals surface area (Å²) in [4.78, 5) is 22.7.